The van der Waals surface area contributed by atoms with Crippen LogP contribution in [0.15, 0.2) is 54.6 Å². The van der Waals surface area contributed by atoms with Gasteiger partial charge in [-0.2, -0.15) is 0 Å². The molecule has 45 heavy (non-hydrogen) atoms. The molecule has 0 saturated carbocycles. The number of hydrogen-bond acceptors (Lipinski definition) is 7. The normalized spacial score (nSPS) is 13.7. The molecule has 2 aromatic carbocycles. The minimum absolute atomic E-state index is 0.145. The fourth-order valence-corrected chi connectivity index (χ4v) is 4.71. The molecule has 0 radical (unpaired) electrons. The second-order valence-corrected chi connectivity index (χ2v) is 13.7. The number of rotatable bonds is 13. The molecule has 0 aliphatic heterocycles. The first-order valence-corrected chi connectivity index (χ1v) is 15.5. The number of nitrogens with zero attached hydrogens (tertiary/aromatic N) is 1. The van der Waals surface area contributed by atoms with Gasteiger partial charge in [0.15, 0.2) is 0 Å². The zero-order chi connectivity index (χ0) is 33.9. The molecule has 0 saturated heterocycles. The Hall–Kier alpha value is -4.08. The van der Waals surface area contributed by atoms with Crippen LogP contribution in [0.2, 0.25) is 0 Å². The molecule has 3 unspecified atom stereocenters. The van der Waals surface area contributed by atoms with E-state index in [0.717, 1.165) is 12.0 Å². The van der Waals surface area contributed by atoms with Gasteiger partial charge in [0.1, 0.15) is 35.6 Å². The van der Waals surface area contributed by atoms with Crippen LogP contribution in [0.3, 0.4) is 0 Å². The maximum Gasteiger partial charge on any atom is 0.408 e. The van der Waals surface area contributed by atoms with Crippen LogP contribution < -0.4 is 10.6 Å². The molecule has 0 spiro atoms. The van der Waals surface area contributed by atoms with Gasteiger partial charge in [0, 0.05) is 18.0 Å². The van der Waals surface area contributed by atoms with E-state index in [1.54, 1.807) is 59.7 Å². The standard InChI is InChI=1S/C35H51N3O7/c1-23(2)19-20-24(3)38(29(40)22-36-33(43)45-35(7,8)9)30(26-17-13-14-18-28(26)39)31(41)37-27(32(42)44-34(4,5)6)21-25-15-11-10-12-16-25/h10-18,23-24,27,30,39H,19-22H2,1-9H3,(H,36,43)(H,37,41). The number of alkyl carbamates (subject to hydrolysis) is 1. The van der Waals surface area contributed by atoms with Gasteiger partial charge in [0.25, 0.3) is 0 Å². The minimum Gasteiger partial charge on any atom is -0.508 e. The molecule has 0 bridgehead atoms. The predicted molar refractivity (Wildman–Crippen MR) is 173 cm³/mol. The molecular formula is C35H51N3O7. The minimum atomic E-state index is -1.33. The molecule has 3 atom stereocenters. The number of amides is 3. The van der Waals surface area contributed by atoms with Crippen LogP contribution in [-0.2, 0) is 30.3 Å². The predicted octanol–water partition coefficient (Wildman–Crippen LogP) is 5.68. The molecule has 2 rings (SSSR count). The summed E-state index contributed by atoms with van der Waals surface area (Å²) < 4.78 is 11.0. The molecule has 3 N–H and O–H groups in total. The number of hydrogen-bond donors (Lipinski definition) is 3. The monoisotopic (exact) mass is 625 g/mol. The zero-order valence-corrected chi connectivity index (χ0v) is 28.2. The molecule has 0 aliphatic rings. The molecule has 0 heterocycles. The van der Waals surface area contributed by atoms with Gasteiger partial charge >= 0.3 is 12.1 Å². The maximum atomic E-state index is 14.3. The summed E-state index contributed by atoms with van der Waals surface area (Å²) in [5, 5.41) is 16.3. The van der Waals surface area contributed by atoms with E-state index in [4.69, 9.17) is 9.47 Å². The quantitative estimate of drug-likeness (QED) is 0.244. The van der Waals surface area contributed by atoms with Crippen molar-refractivity contribution in [1.82, 2.24) is 15.5 Å². The van der Waals surface area contributed by atoms with Crippen molar-refractivity contribution in [2.45, 2.75) is 111 Å². The molecule has 248 valence electrons. The SMILES string of the molecule is CC(C)CCC(C)N(C(=O)CNC(=O)OC(C)(C)C)C(C(=O)NC(Cc1ccccc1)C(=O)OC(C)(C)C)c1ccccc1O. The van der Waals surface area contributed by atoms with Gasteiger partial charge in [-0.25, -0.2) is 9.59 Å². The van der Waals surface area contributed by atoms with Crippen molar-refractivity contribution < 1.29 is 33.8 Å². The van der Waals surface area contributed by atoms with Gasteiger partial charge in [-0.15, -0.1) is 0 Å². The van der Waals surface area contributed by atoms with E-state index in [1.165, 1.54) is 11.0 Å². The van der Waals surface area contributed by atoms with Crippen molar-refractivity contribution in [3.8, 4) is 5.75 Å². The number of phenols is 1. The first-order valence-electron chi connectivity index (χ1n) is 15.5. The fourth-order valence-electron chi connectivity index (χ4n) is 4.71. The lowest BCUT2D eigenvalue weighted by Gasteiger charge is -2.37. The van der Waals surface area contributed by atoms with Crippen molar-refractivity contribution in [1.29, 1.82) is 0 Å². The van der Waals surface area contributed by atoms with Gasteiger partial charge in [0.05, 0.1) is 0 Å². The van der Waals surface area contributed by atoms with E-state index < -0.39 is 59.7 Å². The summed E-state index contributed by atoms with van der Waals surface area (Å²) in [6.07, 6.45) is 0.675. The number of para-hydroxylation sites is 1. The summed E-state index contributed by atoms with van der Waals surface area (Å²) in [5.74, 6) is -1.73. The van der Waals surface area contributed by atoms with Crippen LogP contribution >= 0.6 is 0 Å². The molecule has 0 fully saturated rings. The Morgan fingerprint density at radius 3 is 1.96 bits per heavy atom. The van der Waals surface area contributed by atoms with Gasteiger partial charge in [-0.1, -0.05) is 62.4 Å². The van der Waals surface area contributed by atoms with E-state index in [2.05, 4.69) is 24.5 Å². The van der Waals surface area contributed by atoms with Crippen LogP contribution in [0, 0.1) is 5.92 Å². The second kappa shape index (κ2) is 16.3. The third kappa shape index (κ3) is 12.8. The van der Waals surface area contributed by atoms with Gasteiger partial charge in [-0.3, -0.25) is 9.59 Å². The summed E-state index contributed by atoms with van der Waals surface area (Å²) in [5.41, 5.74) is -0.605. The third-order valence-corrected chi connectivity index (χ3v) is 6.76. The van der Waals surface area contributed by atoms with Crippen molar-refractivity contribution >= 4 is 23.9 Å². The van der Waals surface area contributed by atoms with Crippen molar-refractivity contribution in [2.75, 3.05) is 6.54 Å². The first-order chi connectivity index (χ1) is 20.9. The number of carbonyl (C=O) groups excluding carboxylic acids is 4. The number of nitrogens with one attached hydrogen (secondary N) is 2. The van der Waals surface area contributed by atoms with Crippen LogP contribution in [0.25, 0.3) is 0 Å². The van der Waals surface area contributed by atoms with E-state index in [0.29, 0.717) is 12.3 Å². The molecule has 10 heteroatoms. The second-order valence-electron chi connectivity index (χ2n) is 13.7. The number of ether oxygens (including phenoxy) is 2. The topological polar surface area (TPSA) is 134 Å². The van der Waals surface area contributed by atoms with Gasteiger partial charge < -0.3 is 30.1 Å². The number of esters is 1. The third-order valence-electron chi connectivity index (χ3n) is 6.76. The van der Waals surface area contributed by atoms with Crippen LogP contribution in [0.4, 0.5) is 4.79 Å². The van der Waals surface area contributed by atoms with Crippen LogP contribution in [-0.4, -0.2) is 63.7 Å². The van der Waals surface area contributed by atoms with Crippen molar-refractivity contribution in [2.24, 2.45) is 5.92 Å². The van der Waals surface area contributed by atoms with E-state index in [1.807, 2.05) is 37.3 Å². The van der Waals surface area contributed by atoms with E-state index >= 15 is 0 Å². The Labute approximate surface area is 267 Å². The summed E-state index contributed by atoms with van der Waals surface area (Å²) in [7, 11) is 0. The molecule has 10 nitrogen and oxygen atoms in total. The number of benzene rings is 2. The Kier molecular flexibility index (Phi) is 13.4. The first kappa shape index (κ1) is 37.1. The highest BCUT2D eigenvalue weighted by molar-refractivity contribution is 5.93. The molecule has 0 aromatic heterocycles. The highest BCUT2D eigenvalue weighted by Gasteiger charge is 2.38. The Bertz CT molecular complexity index is 1280. The van der Waals surface area contributed by atoms with Gasteiger partial charge in [-0.05, 0) is 78.9 Å². The molecular weight excluding hydrogens is 574 g/mol. The number of carbonyl (C=O) groups is 4. The van der Waals surface area contributed by atoms with Crippen molar-refractivity contribution in [3.63, 3.8) is 0 Å². The number of phenolic OH excluding ortho intramolecular Hbond substituents is 1. The fraction of sp³-hybridized carbons (Fsp3) is 0.543. The molecule has 2 aromatic rings. The Morgan fingerprint density at radius 1 is 0.822 bits per heavy atom. The Balaban J connectivity index is 2.56. The average molecular weight is 626 g/mol. The summed E-state index contributed by atoms with van der Waals surface area (Å²) in [6, 6.07) is 12.6. The lowest BCUT2D eigenvalue weighted by atomic mass is 9.97. The van der Waals surface area contributed by atoms with Crippen LogP contribution in [0.5, 0.6) is 5.75 Å². The smallest absolute Gasteiger partial charge is 0.408 e. The summed E-state index contributed by atoms with van der Waals surface area (Å²) in [4.78, 5) is 55.5. The molecule has 3 amide bonds. The maximum absolute atomic E-state index is 14.3. The van der Waals surface area contributed by atoms with Gasteiger partial charge in [0.2, 0.25) is 11.8 Å². The summed E-state index contributed by atoms with van der Waals surface area (Å²) in [6.45, 7) is 15.9. The highest BCUT2D eigenvalue weighted by atomic mass is 16.6. The largest absolute Gasteiger partial charge is 0.508 e. The lowest BCUT2D eigenvalue weighted by molar-refractivity contribution is -0.159. The van der Waals surface area contributed by atoms with Crippen LogP contribution in [0.1, 0.15) is 92.3 Å². The highest BCUT2D eigenvalue weighted by Crippen LogP contribution is 2.32. The summed E-state index contributed by atoms with van der Waals surface area (Å²) >= 11 is 0. The Morgan fingerprint density at radius 2 is 1.40 bits per heavy atom. The zero-order valence-electron chi connectivity index (χ0n) is 28.2. The number of aromatic hydroxyl groups is 1. The van der Waals surface area contributed by atoms with E-state index in [9.17, 15) is 24.3 Å². The lowest BCUT2D eigenvalue weighted by Crippen LogP contribution is -2.54. The average Bonchev–Trinajstić information content (AvgIpc) is 2.92. The van der Waals surface area contributed by atoms with Crippen molar-refractivity contribution in [3.05, 3.63) is 65.7 Å². The van der Waals surface area contributed by atoms with E-state index in [-0.39, 0.29) is 17.7 Å². The molecule has 0 aliphatic carbocycles.